The van der Waals surface area contributed by atoms with Gasteiger partial charge in [0, 0.05) is 0 Å². The van der Waals surface area contributed by atoms with Crippen LogP contribution in [0.2, 0.25) is 0 Å². The first-order valence-corrected chi connectivity index (χ1v) is 4.47. The summed E-state index contributed by atoms with van der Waals surface area (Å²) in [4.78, 5) is 0. The summed E-state index contributed by atoms with van der Waals surface area (Å²) in [5.74, 6) is 0.471. The number of hydrogen-bond donors (Lipinski definition) is 0. The zero-order valence-electron chi connectivity index (χ0n) is 6.73. The largest absolute Gasteiger partial charge is 0.462 e. The van der Waals surface area contributed by atoms with Gasteiger partial charge in [-0.15, -0.1) is 0 Å². The Morgan fingerprint density at radius 1 is 1.42 bits per heavy atom. The lowest BCUT2D eigenvalue weighted by Gasteiger charge is -2.19. The Morgan fingerprint density at radius 2 is 1.92 bits per heavy atom. The van der Waals surface area contributed by atoms with E-state index in [4.69, 9.17) is 44.3 Å². The minimum Gasteiger partial charge on any atom is -0.462 e. The van der Waals surface area contributed by atoms with E-state index in [0.29, 0.717) is 5.76 Å². The Hall–Kier alpha value is 0.370. The van der Waals surface area contributed by atoms with Crippen molar-refractivity contribution in [2.75, 3.05) is 0 Å². The van der Waals surface area contributed by atoms with Crippen molar-refractivity contribution in [2.45, 2.75) is 29.5 Å². The number of alkyl halides is 3. The van der Waals surface area contributed by atoms with Gasteiger partial charge in [0.25, 0.3) is 3.79 Å². The van der Waals surface area contributed by atoms with Crippen LogP contribution in [0.1, 0.15) is 13.8 Å². The molecule has 0 aliphatic carbocycles. The van der Waals surface area contributed by atoms with E-state index < -0.39 is 15.7 Å². The third-order valence-electron chi connectivity index (χ3n) is 1.59. The maximum Gasteiger partial charge on any atom is 0.252 e. The Bertz CT molecular complexity index is 207. The van der Waals surface area contributed by atoms with Crippen molar-refractivity contribution in [1.82, 2.24) is 0 Å². The molecule has 0 aromatic carbocycles. The normalized spacial score (nSPS) is 28.8. The molecule has 1 heterocycles. The first-order chi connectivity index (χ1) is 5.23. The van der Waals surface area contributed by atoms with Crippen LogP contribution >= 0.6 is 34.8 Å². The minimum absolute atomic E-state index is 0.471. The quantitative estimate of drug-likeness (QED) is 0.597. The summed E-state index contributed by atoms with van der Waals surface area (Å²) < 4.78 is 8.86. The van der Waals surface area contributed by atoms with Gasteiger partial charge in [0.2, 0.25) is 6.29 Å². The Labute approximate surface area is 86.4 Å². The molecule has 0 saturated carbocycles. The van der Waals surface area contributed by atoms with Crippen molar-refractivity contribution in [3.05, 3.63) is 12.3 Å². The Kier molecular flexibility index (Phi) is 2.57. The molecular formula is C7H9Cl3O2. The van der Waals surface area contributed by atoms with Crippen LogP contribution in [0.5, 0.6) is 0 Å². The van der Waals surface area contributed by atoms with E-state index in [0.717, 1.165) is 0 Å². The summed E-state index contributed by atoms with van der Waals surface area (Å²) in [5, 5.41) is 0. The van der Waals surface area contributed by atoms with Gasteiger partial charge < -0.3 is 9.47 Å². The van der Waals surface area contributed by atoms with Crippen molar-refractivity contribution in [3.63, 3.8) is 0 Å². The Morgan fingerprint density at radius 3 is 2.08 bits per heavy atom. The first-order valence-electron chi connectivity index (χ1n) is 3.34. The van der Waals surface area contributed by atoms with E-state index in [2.05, 4.69) is 6.58 Å². The fourth-order valence-corrected chi connectivity index (χ4v) is 1.03. The second-order valence-electron chi connectivity index (χ2n) is 3.04. The lowest BCUT2D eigenvalue weighted by atomic mass is 10.1. The molecule has 70 valence electrons. The molecule has 1 rings (SSSR count). The second-order valence-corrected chi connectivity index (χ2v) is 5.41. The van der Waals surface area contributed by atoms with Crippen LogP contribution in [0.25, 0.3) is 0 Å². The van der Waals surface area contributed by atoms with Gasteiger partial charge in [0.05, 0.1) is 0 Å². The van der Waals surface area contributed by atoms with E-state index in [-0.39, 0.29) is 0 Å². The monoisotopic (exact) mass is 230 g/mol. The van der Waals surface area contributed by atoms with Gasteiger partial charge >= 0.3 is 0 Å². The van der Waals surface area contributed by atoms with Crippen molar-refractivity contribution in [2.24, 2.45) is 0 Å². The minimum atomic E-state index is -1.57. The third kappa shape index (κ3) is 1.99. The van der Waals surface area contributed by atoms with Crippen LogP contribution in [-0.2, 0) is 9.47 Å². The van der Waals surface area contributed by atoms with Crippen molar-refractivity contribution in [1.29, 1.82) is 0 Å². The number of hydrogen-bond acceptors (Lipinski definition) is 2. The molecule has 1 atom stereocenters. The van der Waals surface area contributed by atoms with E-state index in [1.165, 1.54) is 0 Å². The van der Waals surface area contributed by atoms with Crippen LogP contribution in [-0.4, -0.2) is 15.7 Å². The van der Waals surface area contributed by atoms with Gasteiger partial charge in [-0.25, -0.2) is 0 Å². The molecule has 1 aliphatic rings. The standard InChI is InChI=1S/C7H9Cl3O2/c1-4-6(2,3)12-5(11-4)7(8,9)10/h5H,1H2,2-3H3. The van der Waals surface area contributed by atoms with Gasteiger partial charge in [-0.05, 0) is 13.8 Å². The van der Waals surface area contributed by atoms with Crippen LogP contribution in [0.4, 0.5) is 0 Å². The molecule has 0 amide bonds. The SMILES string of the molecule is C=C1OC(C(Cl)(Cl)Cl)OC1(C)C. The van der Waals surface area contributed by atoms with Crippen LogP contribution < -0.4 is 0 Å². The highest BCUT2D eigenvalue weighted by Gasteiger charge is 2.47. The Balaban J connectivity index is 2.74. The molecule has 1 saturated heterocycles. The smallest absolute Gasteiger partial charge is 0.252 e. The highest BCUT2D eigenvalue weighted by Crippen LogP contribution is 2.42. The van der Waals surface area contributed by atoms with Crippen molar-refractivity contribution in [3.8, 4) is 0 Å². The van der Waals surface area contributed by atoms with E-state index in [1.807, 2.05) is 0 Å². The fourth-order valence-electron chi connectivity index (χ4n) is 0.762. The van der Waals surface area contributed by atoms with Crippen molar-refractivity contribution >= 4 is 34.8 Å². The molecule has 0 aromatic rings. The first kappa shape index (κ1) is 10.5. The van der Waals surface area contributed by atoms with Crippen LogP contribution in [0, 0.1) is 0 Å². The molecule has 0 N–H and O–H groups in total. The van der Waals surface area contributed by atoms with Gasteiger partial charge in [0.1, 0.15) is 11.4 Å². The van der Waals surface area contributed by atoms with Gasteiger partial charge in [0.15, 0.2) is 0 Å². The molecule has 0 radical (unpaired) electrons. The number of halogens is 3. The fraction of sp³-hybridized carbons (Fsp3) is 0.714. The summed E-state index contributed by atoms with van der Waals surface area (Å²) in [6.45, 7) is 7.24. The second kappa shape index (κ2) is 2.95. The average Bonchev–Trinajstić information content (AvgIpc) is 2.06. The third-order valence-corrected chi connectivity index (χ3v) is 2.12. The summed E-state index contributed by atoms with van der Waals surface area (Å²) in [6, 6.07) is 0. The molecule has 0 aromatic heterocycles. The molecule has 1 aliphatic heterocycles. The maximum absolute atomic E-state index is 5.57. The maximum atomic E-state index is 5.57. The lowest BCUT2D eigenvalue weighted by molar-refractivity contribution is -0.0734. The van der Waals surface area contributed by atoms with Gasteiger partial charge in [-0.1, -0.05) is 41.4 Å². The number of ether oxygens (including phenoxy) is 2. The predicted molar refractivity (Wildman–Crippen MR) is 49.5 cm³/mol. The summed E-state index contributed by atoms with van der Waals surface area (Å²) in [5.41, 5.74) is -0.589. The highest BCUT2D eigenvalue weighted by molar-refractivity contribution is 6.67. The summed E-state index contributed by atoms with van der Waals surface area (Å²) >= 11 is 16.7. The van der Waals surface area contributed by atoms with Gasteiger partial charge in [-0.3, -0.25) is 0 Å². The van der Waals surface area contributed by atoms with Crippen LogP contribution in [0.15, 0.2) is 12.3 Å². The zero-order valence-corrected chi connectivity index (χ0v) is 9.00. The molecule has 1 unspecified atom stereocenters. The molecule has 0 spiro atoms. The molecule has 2 nitrogen and oxygen atoms in total. The van der Waals surface area contributed by atoms with E-state index in [1.54, 1.807) is 13.8 Å². The molecule has 1 fully saturated rings. The van der Waals surface area contributed by atoms with Gasteiger partial charge in [-0.2, -0.15) is 0 Å². The van der Waals surface area contributed by atoms with E-state index in [9.17, 15) is 0 Å². The topological polar surface area (TPSA) is 18.5 Å². The highest BCUT2D eigenvalue weighted by atomic mass is 35.6. The molecule has 12 heavy (non-hydrogen) atoms. The lowest BCUT2D eigenvalue weighted by Crippen LogP contribution is -2.29. The number of rotatable bonds is 0. The average molecular weight is 232 g/mol. The van der Waals surface area contributed by atoms with E-state index >= 15 is 0 Å². The summed E-state index contributed by atoms with van der Waals surface area (Å²) in [6.07, 6.45) is -0.870. The summed E-state index contributed by atoms with van der Waals surface area (Å²) in [7, 11) is 0. The van der Waals surface area contributed by atoms with Crippen molar-refractivity contribution < 1.29 is 9.47 Å². The molecule has 0 bridgehead atoms. The predicted octanol–water partition coefficient (Wildman–Crippen LogP) is 3.02. The molecular weight excluding hydrogens is 222 g/mol. The van der Waals surface area contributed by atoms with Crippen LogP contribution in [0.3, 0.4) is 0 Å². The molecule has 5 heteroatoms. The zero-order chi connectivity index (χ0) is 9.57.